The van der Waals surface area contributed by atoms with Crippen LogP contribution in [0.3, 0.4) is 0 Å². The Morgan fingerprint density at radius 3 is 2.45 bits per heavy atom. The van der Waals surface area contributed by atoms with E-state index in [2.05, 4.69) is 0 Å². The summed E-state index contributed by atoms with van der Waals surface area (Å²) in [5, 5.41) is -0.623. The molecule has 1 nitrogen and oxygen atoms in total. The molecule has 2 aromatic carbocycles. The molecule has 2 aromatic rings. The quantitative estimate of drug-likeness (QED) is 0.701. The van der Waals surface area contributed by atoms with Crippen molar-refractivity contribution in [2.45, 2.75) is 12.3 Å². The number of aryl methyl sites for hydroxylation is 1. The summed E-state index contributed by atoms with van der Waals surface area (Å²) in [6, 6.07) is 7.36. The van der Waals surface area contributed by atoms with Crippen molar-refractivity contribution in [1.29, 1.82) is 0 Å². The van der Waals surface area contributed by atoms with E-state index < -0.39 is 17.0 Å². The molecule has 0 aliphatic heterocycles. The zero-order valence-corrected chi connectivity index (χ0v) is 12.4. The fraction of sp³-hybridized carbons (Fsp3) is 0.200. The maximum absolute atomic E-state index is 14.1. The van der Waals surface area contributed by atoms with Crippen LogP contribution in [0, 0.1) is 18.6 Å². The third-order valence-corrected chi connectivity index (χ3v) is 3.81. The number of hydrogen-bond donors (Lipinski definition) is 0. The molecule has 0 heterocycles. The van der Waals surface area contributed by atoms with E-state index in [9.17, 15) is 8.78 Å². The van der Waals surface area contributed by atoms with Gasteiger partial charge in [-0.05, 0) is 36.2 Å². The van der Waals surface area contributed by atoms with Gasteiger partial charge in [-0.15, -0.1) is 11.6 Å². The molecule has 1 unspecified atom stereocenters. The molecule has 5 heteroatoms. The average molecular weight is 317 g/mol. The summed E-state index contributed by atoms with van der Waals surface area (Å²) in [6.07, 6.45) is 0. The lowest BCUT2D eigenvalue weighted by Crippen LogP contribution is -2.03. The summed E-state index contributed by atoms with van der Waals surface area (Å²) >= 11 is 12.2. The molecule has 106 valence electrons. The van der Waals surface area contributed by atoms with E-state index in [0.29, 0.717) is 21.9 Å². The summed E-state index contributed by atoms with van der Waals surface area (Å²) in [7, 11) is 1.49. The fourth-order valence-corrected chi connectivity index (χ4v) is 2.52. The van der Waals surface area contributed by atoms with E-state index in [1.807, 2.05) is 0 Å². The summed E-state index contributed by atoms with van der Waals surface area (Å²) in [4.78, 5) is 0. The summed E-state index contributed by atoms with van der Waals surface area (Å²) in [5.74, 6) is -0.846. The molecule has 0 amide bonds. The lowest BCUT2D eigenvalue weighted by molar-refractivity contribution is 0.415. The number of methoxy groups -OCH3 is 1. The van der Waals surface area contributed by atoms with Crippen LogP contribution in [-0.4, -0.2) is 7.11 Å². The Labute approximate surface area is 126 Å². The minimum Gasteiger partial charge on any atom is -0.495 e. The summed E-state index contributed by atoms with van der Waals surface area (Å²) < 4.78 is 32.9. The maximum Gasteiger partial charge on any atom is 0.137 e. The van der Waals surface area contributed by atoms with E-state index in [1.54, 1.807) is 25.1 Å². The van der Waals surface area contributed by atoms with Crippen molar-refractivity contribution in [2.75, 3.05) is 7.11 Å². The van der Waals surface area contributed by atoms with Crippen LogP contribution in [0.2, 0.25) is 5.02 Å². The molecule has 0 aromatic heterocycles. The predicted molar refractivity (Wildman–Crippen MR) is 76.8 cm³/mol. The van der Waals surface area contributed by atoms with Gasteiger partial charge in [0, 0.05) is 5.56 Å². The zero-order valence-electron chi connectivity index (χ0n) is 10.9. The highest BCUT2D eigenvalue weighted by molar-refractivity contribution is 6.32. The van der Waals surface area contributed by atoms with E-state index in [4.69, 9.17) is 27.9 Å². The molecule has 0 spiro atoms. The second kappa shape index (κ2) is 5.98. The molecule has 0 aliphatic rings. The van der Waals surface area contributed by atoms with Gasteiger partial charge in [-0.3, -0.25) is 0 Å². The van der Waals surface area contributed by atoms with Crippen molar-refractivity contribution < 1.29 is 13.5 Å². The highest BCUT2D eigenvalue weighted by Crippen LogP contribution is 2.36. The third kappa shape index (κ3) is 2.74. The van der Waals surface area contributed by atoms with Gasteiger partial charge in [-0.25, -0.2) is 8.78 Å². The van der Waals surface area contributed by atoms with Crippen LogP contribution in [0.1, 0.15) is 22.1 Å². The van der Waals surface area contributed by atoms with Crippen LogP contribution in [0.25, 0.3) is 0 Å². The minimum atomic E-state index is -0.960. The minimum absolute atomic E-state index is 0.173. The van der Waals surface area contributed by atoms with Crippen molar-refractivity contribution in [3.8, 4) is 5.75 Å². The second-order valence-electron chi connectivity index (χ2n) is 4.35. The molecule has 0 saturated carbocycles. The van der Waals surface area contributed by atoms with Crippen LogP contribution in [0.4, 0.5) is 8.78 Å². The lowest BCUT2D eigenvalue weighted by atomic mass is 10.0. The number of alkyl halides is 1. The zero-order chi connectivity index (χ0) is 14.9. The third-order valence-electron chi connectivity index (χ3n) is 3.04. The molecule has 0 N–H and O–H groups in total. The normalized spacial score (nSPS) is 12.3. The van der Waals surface area contributed by atoms with Crippen molar-refractivity contribution >= 4 is 23.2 Å². The van der Waals surface area contributed by atoms with Gasteiger partial charge in [0.25, 0.3) is 0 Å². The Balaban J connectivity index is 2.49. The number of ether oxygens (including phenoxy) is 1. The summed E-state index contributed by atoms with van der Waals surface area (Å²) in [6.45, 7) is 1.56. The SMILES string of the molecule is COc1ccc(C(Cl)c2c(F)ccc(C)c2F)cc1Cl. The predicted octanol–water partition coefficient (Wildman–Crippen LogP) is 5.26. The van der Waals surface area contributed by atoms with Crippen LogP contribution >= 0.6 is 23.2 Å². The molecular formula is C15H12Cl2F2O. The Morgan fingerprint density at radius 1 is 1.15 bits per heavy atom. The average Bonchev–Trinajstić information content (AvgIpc) is 2.43. The van der Waals surface area contributed by atoms with E-state index in [-0.39, 0.29) is 5.56 Å². The summed E-state index contributed by atoms with van der Waals surface area (Å²) in [5.41, 5.74) is 0.667. The molecule has 20 heavy (non-hydrogen) atoms. The van der Waals surface area contributed by atoms with Gasteiger partial charge in [0.1, 0.15) is 17.4 Å². The van der Waals surface area contributed by atoms with Crippen molar-refractivity contribution in [1.82, 2.24) is 0 Å². The van der Waals surface area contributed by atoms with Gasteiger partial charge in [0.05, 0.1) is 17.5 Å². The molecule has 0 aliphatic carbocycles. The van der Waals surface area contributed by atoms with Gasteiger partial charge < -0.3 is 4.74 Å². The molecular weight excluding hydrogens is 305 g/mol. The van der Waals surface area contributed by atoms with Crippen molar-refractivity contribution in [3.05, 3.63) is 63.7 Å². The Kier molecular flexibility index (Phi) is 4.51. The first kappa shape index (κ1) is 15.1. The van der Waals surface area contributed by atoms with Crippen LogP contribution in [0.5, 0.6) is 5.75 Å². The van der Waals surface area contributed by atoms with Gasteiger partial charge in [-0.2, -0.15) is 0 Å². The first-order valence-corrected chi connectivity index (χ1v) is 6.69. The fourth-order valence-electron chi connectivity index (χ4n) is 1.92. The van der Waals surface area contributed by atoms with Gasteiger partial charge in [0.15, 0.2) is 0 Å². The molecule has 0 radical (unpaired) electrons. The first-order chi connectivity index (χ1) is 9.45. The smallest absolute Gasteiger partial charge is 0.137 e. The van der Waals surface area contributed by atoms with E-state index in [1.165, 1.54) is 19.2 Å². The molecule has 0 fully saturated rings. The monoisotopic (exact) mass is 316 g/mol. The van der Waals surface area contributed by atoms with E-state index in [0.717, 1.165) is 0 Å². The van der Waals surface area contributed by atoms with Crippen molar-refractivity contribution in [2.24, 2.45) is 0 Å². The lowest BCUT2D eigenvalue weighted by Gasteiger charge is -2.15. The van der Waals surface area contributed by atoms with Crippen molar-refractivity contribution in [3.63, 3.8) is 0 Å². The Morgan fingerprint density at radius 2 is 1.85 bits per heavy atom. The molecule has 1 atom stereocenters. The number of halogens is 4. The number of hydrogen-bond acceptors (Lipinski definition) is 1. The molecule has 0 bridgehead atoms. The first-order valence-electron chi connectivity index (χ1n) is 5.87. The van der Waals surface area contributed by atoms with E-state index >= 15 is 0 Å². The maximum atomic E-state index is 14.1. The molecule has 0 saturated heterocycles. The largest absolute Gasteiger partial charge is 0.495 e. The number of rotatable bonds is 3. The highest BCUT2D eigenvalue weighted by atomic mass is 35.5. The van der Waals surface area contributed by atoms with Crippen LogP contribution in [-0.2, 0) is 0 Å². The topological polar surface area (TPSA) is 9.23 Å². The standard InChI is InChI=1S/C15H12Cl2F2O/c1-8-3-5-11(18)13(15(8)19)14(17)9-4-6-12(20-2)10(16)7-9/h3-7,14H,1-2H3. The Bertz CT molecular complexity index is 644. The Hall–Kier alpha value is -1.32. The highest BCUT2D eigenvalue weighted by Gasteiger charge is 2.22. The number of benzene rings is 2. The molecule has 2 rings (SSSR count). The van der Waals surface area contributed by atoms with Gasteiger partial charge >= 0.3 is 0 Å². The van der Waals surface area contributed by atoms with Crippen LogP contribution in [0.15, 0.2) is 30.3 Å². The van der Waals surface area contributed by atoms with Gasteiger partial charge in [0.2, 0.25) is 0 Å². The van der Waals surface area contributed by atoms with Gasteiger partial charge in [-0.1, -0.05) is 23.7 Å². The second-order valence-corrected chi connectivity index (χ2v) is 5.19. The van der Waals surface area contributed by atoms with Crippen LogP contribution < -0.4 is 4.74 Å².